The van der Waals surface area contributed by atoms with Gasteiger partial charge in [-0.15, -0.1) is 11.3 Å². The third kappa shape index (κ3) is 5.61. The molecule has 0 saturated heterocycles. The average molecular weight is 285 g/mol. The molecule has 2 atom stereocenters. The third-order valence-corrected chi connectivity index (χ3v) is 4.27. The summed E-state index contributed by atoms with van der Waals surface area (Å²) in [7, 11) is 0. The molecule has 1 aromatic rings. The van der Waals surface area contributed by atoms with Gasteiger partial charge in [-0.05, 0) is 36.8 Å². The van der Waals surface area contributed by atoms with Crippen LogP contribution in [0.2, 0.25) is 0 Å². The van der Waals surface area contributed by atoms with Crippen molar-refractivity contribution in [2.24, 2.45) is 5.73 Å². The lowest BCUT2D eigenvalue weighted by Crippen LogP contribution is -2.30. The number of thiophene rings is 1. The molecule has 0 spiro atoms. The van der Waals surface area contributed by atoms with Crippen LogP contribution in [0.5, 0.6) is 0 Å². The van der Waals surface area contributed by atoms with Crippen LogP contribution in [0.1, 0.15) is 49.7 Å². The predicted octanol–water partition coefficient (Wildman–Crippen LogP) is 3.67. The molecule has 0 amide bonds. The molecule has 19 heavy (non-hydrogen) atoms. The minimum absolute atomic E-state index is 0.000208. The Morgan fingerprint density at radius 1 is 1.26 bits per heavy atom. The highest BCUT2D eigenvalue weighted by Crippen LogP contribution is 2.29. The molecule has 0 aliphatic heterocycles. The number of hydrogen-bond acceptors (Lipinski definition) is 4. The summed E-state index contributed by atoms with van der Waals surface area (Å²) in [5.74, 6) is 0. The fourth-order valence-electron chi connectivity index (χ4n) is 1.87. The molecule has 0 aromatic carbocycles. The molecule has 1 rings (SSSR count). The number of rotatable bonds is 10. The molecule has 2 N–H and O–H groups in total. The van der Waals surface area contributed by atoms with Gasteiger partial charge in [-0.1, -0.05) is 20.3 Å². The summed E-state index contributed by atoms with van der Waals surface area (Å²) < 4.78 is 11.5. The van der Waals surface area contributed by atoms with Crippen molar-refractivity contribution >= 4 is 11.3 Å². The van der Waals surface area contributed by atoms with Crippen LogP contribution in [-0.4, -0.2) is 25.9 Å². The van der Waals surface area contributed by atoms with Gasteiger partial charge >= 0.3 is 0 Å². The molecule has 0 radical (unpaired) electrons. The van der Waals surface area contributed by atoms with Crippen LogP contribution in [0.15, 0.2) is 11.4 Å². The largest absolute Gasteiger partial charge is 0.379 e. The first-order valence-electron chi connectivity index (χ1n) is 7.19. The van der Waals surface area contributed by atoms with Crippen molar-refractivity contribution in [2.45, 2.75) is 52.2 Å². The van der Waals surface area contributed by atoms with E-state index in [4.69, 9.17) is 15.2 Å². The lowest BCUT2D eigenvalue weighted by Gasteiger charge is -2.23. The van der Waals surface area contributed by atoms with Crippen LogP contribution in [0, 0.1) is 6.92 Å². The van der Waals surface area contributed by atoms with Crippen molar-refractivity contribution in [1.82, 2.24) is 0 Å². The minimum atomic E-state index is -0.000208. The Balaban J connectivity index is 2.41. The first kappa shape index (κ1) is 16.6. The van der Waals surface area contributed by atoms with Crippen LogP contribution >= 0.6 is 11.3 Å². The zero-order chi connectivity index (χ0) is 14.1. The molecule has 1 heterocycles. The molecule has 1 aromatic heterocycles. The SMILES string of the molecule is CCCCOCCOC(c1sccc1C)C(N)CC. The molecule has 0 aliphatic rings. The zero-order valence-corrected chi connectivity index (χ0v) is 13.2. The van der Waals surface area contributed by atoms with E-state index in [-0.39, 0.29) is 12.1 Å². The van der Waals surface area contributed by atoms with E-state index in [0.29, 0.717) is 13.2 Å². The van der Waals surface area contributed by atoms with Crippen molar-refractivity contribution in [3.05, 3.63) is 21.9 Å². The molecule has 0 aliphatic carbocycles. The normalized spacial score (nSPS) is 14.5. The molecule has 3 nitrogen and oxygen atoms in total. The number of aryl methyl sites for hydroxylation is 1. The van der Waals surface area contributed by atoms with Crippen molar-refractivity contribution in [2.75, 3.05) is 19.8 Å². The van der Waals surface area contributed by atoms with Gasteiger partial charge in [-0.2, -0.15) is 0 Å². The van der Waals surface area contributed by atoms with Crippen molar-refractivity contribution in [1.29, 1.82) is 0 Å². The summed E-state index contributed by atoms with van der Waals surface area (Å²) in [6.45, 7) is 8.46. The monoisotopic (exact) mass is 285 g/mol. The fraction of sp³-hybridized carbons (Fsp3) is 0.733. The van der Waals surface area contributed by atoms with E-state index in [2.05, 4.69) is 32.2 Å². The molecule has 0 saturated carbocycles. The van der Waals surface area contributed by atoms with Crippen LogP contribution in [0.3, 0.4) is 0 Å². The molecule has 0 bridgehead atoms. The summed E-state index contributed by atoms with van der Waals surface area (Å²) >= 11 is 1.73. The zero-order valence-electron chi connectivity index (χ0n) is 12.4. The quantitative estimate of drug-likeness (QED) is 0.667. The molecule has 0 fully saturated rings. The van der Waals surface area contributed by atoms with Crippen LogP contribution in [-0.2, 0) is 9.47 Å². The standard InChI is InChI=1S/C15H27NO2S/c1-4-6-8-17-9-10-18-14(13(16)5-2)15-12(3)7-11-19-15/h7,11,13-14H,4-6,8-10,16H2,1-3H3. The maximum absolute atomic E-state index is 6.18. The van der Waals surface area contributed by atoms with Gasteiger partial charge in [0.25, 0.3) is 0 Å². The van der Waals surface area contributed by atoms with E-state index in [0.717, 1.165) is 19.4 Å². The highest BCUT2D eigenvalue weighted by Gasteiger charge is 2.21. The van der Waals surface area contributed by atoms with Gasteiger partial charge in [-0.25, -0.2) is 0 Å². The average Bonchev–Trinajstić information content (AvgIpc) is 2.83. The minimum Gasteiger partial charge on any atom is -0.379 e. The second-order valence-corrected chi connectivity index (χ2v) is 5.74. The number of ether oxygens (including phenoxy) is 2. The van der Waals surface area contributed by atoms with Crippen molar-refractivity contribution in [3.8, 4) is 0 Å². The Kier molecular flexibility index (Phi) is 8.30. The highest BCUT2D eigenvalue weighted by atomic mass is 32.1. The molecular formula is C15H27NO2S. The summed E-state index contributed by atoms with van der Waals surface area (Å²) in [4.78, 5) is 1.25. The van der Waals surface area contributed by atoms with Crippen LogP contribution < -0.4 is 5.73 Å². The summed E-state index contributed by atoms with van der Waals surface area (Å²) in [6, 6.07) is 2.17. The van der Waals surface area contributed by atoms with Crippen LogP contribution in [0.4, 0.5) is 0 Å². The van der Waals surface area contributed by atoms with E-state index in [1.54, 1.807) is 11.3 Å². The van der Waals surface area contributed by atoms with Crippen molar-refractivity contribution in [3.63, 3.8) is 0 Å². The Morgan fingerprint density at radius 2 is 2.05 bits per heavy atom. The first-order valence-corrected chi connectivity index (χ1v) is 8.07. The van der Waals surface area contributed by atoms with E-state index >= 15 is 0 Å². The maximum atomic E-state index is 6.18. The van der Waals surface area contributed by atoms with Gasteiger partial charge in [0.1, 0.15) is 6.10 Å². The Morgan fingerprint density at radius 3 is 2.63 bits per heavy atom. The molecule has 4 heteroatoms. The third-order valence-electron chi connectivity index (χ3n) is 3.19. The highest BCUT2D eigenvalue weighted by molar-refractivity contribution is 7.10. The maximum Gasteiger partial charge on any atom is 0.107 e. The van der Waals surface area contributed by atoms with E-state index in [1.165, 1.54) is 16.9 Å². The second kappa shape index (κ2) is 9.48. The van der Waals surface area contributed by atoms with Gasteiger partial charge in [0.05, 0.1) is 13.2 Å². The first-order chi connectivity index (χ1) is 9.20. The van der Waals surface area contributed by atoms with E-state index in [9.17, 15) is 0 Å². The van der Waals surface area contributed by atoms with E-state index < -0.39 is 0 Å². The summed E-state index contributed by atoms with van der Waals surface area (Å²) in [5.41, 5.74) is 7.45. The summed E-state index contributed by atoms with van der Waals surface area (Å²) in [6.07, 6.45) is 3.19. The Labute approximate surface area is 121 Å². The number of nitrogens with two attached hydrogens (primary N) is 1. The van der Waals surface area contributed by atoms with Gasteiger partial charge < -0.3 is 15.2 Å². The van der Waals surface area contributed by atoms with Crippen molar-refractivity contribution < 1.29 is 9.47 Å². The number of unbranched alkanes of at least 4 members (excludes halogenated alkanes) is 1. The Bertz CT molecular complexity index is 341. The fourth-order valence-corrected chi connectivity index (χ4v) is 2.92. The van der Waals surface area contributed by atoms with E-state index in [1.807, 2.05) is 0 Å². The van der Waals surface area contributed by atoms with Gasteiger partial charge in [-0.3, -0.25) is 0 Å². The number of hydrogen-bond donors (Lipinski definition) is 1. The van der Waals surface area contributed by atoms with Crippen LogP contribution in [0.25, 0.3) is 0 Å². The summed E-state index contributed by atoms with van der Waals surface area (Å²) in [5, 5.41) is 2.10. The topological polar surface area (TPSA) is 44.5 Å². The lowest BCUT2D eigenvalue weighted by molar-refractivity contribution is -0.00687. The Hall–Kier alpha value is -0.420. The van der Waals surface area contributed by atoms with Gasteiger partial charge in [0.15, 0.2) is 0 Å². The molecule has 2 unspecified atom stereocenters. The van der Waals surface area contributed by atoms with Gasteiger partial charge in [0.2, 0.25) is 0 Å². The lowest BCUT2D eigenvalue weighted by atomic mass is 10.1. The second-order valence-electron chi connectivity index (χ2n) is 4.80. The van der Waals surface area contributed by atoms with Gasteiger partial charge in [0, 0.05) is 17.5 Å². The smallest absolute Gasteiger partial charge is 0.107 e. The predicted molar refractivity (Wildman–Crippen MR) is 81.7 cm³/mol. The molecule has 110 valence electrons. The molecular weight excluding hydrogens is 258 g/mol.